The van der Waals surface area contributed by atoms with Gasteiger partial charge in [-0.15, -0.1) is 0 Å². The number of halogens is 1. The van der Waals surface area contributed by atoms with Gasteiger partial charge in [0, 0.05) is 41.1 Å². The molecule has 2 atom stereocenters. The third-order valence-corrected chi connectivity index (χ3v) is 7.13. The van der Waals surface area contributed by atoms with Crippen LogP contribution in [0.15, 0.2) is 91.1 Å². The zero-order valence-corrected chi connectivity index (χ0v) is 23.3. The number of aromatic nitrogens is 1. The van der Waals surface area contributed by atoms with Crippen LogP contribution in [0.5, 0.6) is 0 Å². The molecule has 1 aliphatic rings. The zero-order chi connectivity index (χ0) is 28.8. The van der Waals surface area contributed by atoms with E-state index in [1.165, 1.54) is 0 Å². The van der Waals surface area contributed by atoms with E-state index >= 15 is 0 Å². The molecule has 5 rings (SSSR count). The monoisotopic (exact) mass is 567 g/mol. The van der Waals surface area contributed by atoms with Crippen LogP contribution in [0.3, 0.4) is 0 Å². The van der Waals surface area contributed by atoms with Crippen LogP contribution in [0.25, 0.3) is 17.0 Å². The lowest BCUT2D eigenvalue weighted by Gasteiger charge is -2.45. The fourth-order valence-electron chi connectivity index (χ4n) is 4.71. The van der Waals surface area contributed by atoms with E-state index in [2.05, 4.69) is 20.9 Å². The highest BCUT2D eigenvalue weighted by Crippen LogP contribution is 2.30. The molecule has 41 heavy (non-hydrogen) atoms. The number of carbonyl (C=O) groups is 3. The molecule has 2 heterocycles. The normalized spacial score (nSPS) is 16.4. The van der Waals surface area contributed by atoms with Crippen molar-refractivity contribution in [2.75, 3.05) is 23.3 Å². The molecule has 0 unspecified atom stereocenters. The minimum atomic E-state index is -0.843. The third kappa shape index (κ3) is 6.56. The van der Waals surface area contributed by atoms with Crippen LogP contribution >= 0.6 is 11.6 Å². The number of hydrogen-bond acceptors (Lipinski definition) is 5. The topological polar surface area (TPSA) is 103 Å². The van der Waals surface area contributed by atoms with Gasteiger partial charge in [-0.3, -0.25) is 19.4 Å². The number of rotatable bonds is 9. The van der Waals surface area contributed by atoms with Gasteiger partial charge < -0.3 is 20.9 Å². The number of fused-ring (bicyclic) bond motifs is 1. The quantitative estimate of drug-likeness (QED) is 0.154. The van der Waals surface area contributed by atoms with Crippen molar-refractivity contribution in [3.05, 3.63) is 107 Å². The molecule has 8 nitrogen and oxygen atoms in total. The van der Waals surface area contributed by atoms with Gasteiger partial charge in [-0.1, -0.05) is 71.8 Å². The van der Waals surface area contributed by atoms with Crippen LogP contribution in [0, 0.1) is 6.92 Å². The zero-order valence-electron chi connectivity index (χ0n) is 22.5. The summed E-state index contributed by atoms with van der Waals surface area (Å²) in [6.07, 6.45) is 6.08. The number of hydrogen-bond donors (Lipinski definition) is 3. The molecule has 0 spiro atoms. The fourth-order valence-corrected chi connectivity index (χ4v) is 4.87. The van der Waals surface area contributed by atoms with Gasteiger partial charge in [0.2, 0.25) is 0 Å². The maximum atomic E-state index is 13.1. The predicted molar refractivity (Wildman–Crippen MR) is 163 cm³/mol. The molecule has 9 heteroatoms. The van der Waals surface area contributed by atoms with E-state index in [-0.39, 0.29) is 5.91 Å². The number of pyridine rings is 1. The van der Waals surface area contributed by atoms with Gasteiger partial charge in [0.05, 0.1) is 11.6 Å². The lowest BCUT2D eigenvalue weighted by molar-refractivity contribution is -0.141. The van der Waals surface area contributed by atoms with Crippen molar-refractivity contribution in [1.82, 2.24) is 15.6 Å². The number of nitrogens with one attached hydrogen (secondary N) is 3. The predicted octanol–water partition coefficient (Wildman–Crippen LogP) is 4.73. The molecule has 1 aliphatic heterocycles. The molecule has 1 aromatic heterocycles. The second-order valence-electron chi connectivity index (χ2n) is 9.81. The average molecular weight is 568 g/mol. The van der Waals surface area contributed by atoms with Crippen molar-refractivity contribution in [2.45, 2.75) is 25.4 Å². The molecule has 0 saturated carbocycles. The number of anilines is 2. The number of nitrogens with zero attached hydrogens (tertiary/aromatic N) is 2. The van der Waals surface area contributed by atoms with Crippen molar-refractivity contribution < 1.29 is 14.4 Å². The summed E-state index contributed by atoms with van der Waals surface area (Å²) < 4.78 is 0. The van der Waals surface area contributed by atoms with Gasteiger partial charge in [-0.25, -0.2) is 0 Å². The Morgan fingerprint density at radius 3 is 2.54 bits per heavy atom. The SMILES string of the molecule is Cc1ccc(N2C(=O)[C@@H](NC(=O)C(=O)NCCCNc3ccnc4cc(Cl)ccc34)[C@H]2/C=C/c2ccccc2)cc1. The number of benzene rings is 3. The first-order valence-corrected chi connectivity index (χ1v) is 13.8. The van der Waals surface area contributed by atoms with Crippen molar-refractivity contribution in [2.24, 2.45) is 0 Å². The highest BCUT2D eigenvalue weighted by molar-refractivity contribution is 6.36. The Morgan fingerprint density at radius 2 is 1.76 bits per heavy atom. The lowest BCUT2D eigenvalue weighted by atomic mass is 9.92. The summed E-state index contributed by atoms with van der Waals surface area (Å²) in [5.74, 6) is -1.89. The van der Waals surface area contributed by atoms with Gasteiger partial charge in [0.1, 0.15) is 6.04 Å². The standard InChI is InChI=1S/C32H30ClN5O3/c1-21-8-12-24(13-9-21)38-28(15-10-22-6-3-2-4-7-22)29(32(38)41)37-31(40)30(39)36-18-5-17-34-26-16-19-35-27-20-23(33)11-14-25(26)27/h2-4,6-16,19-20,28-29H,5,17-18H2,1H3,(H,34,35)(H,36,39)(H,37,40)/b15-10+/t28-,29+/m1/s1. The van der Waals surface area contributed by atoms with E-state index in [9.17, 15) is 14.4 Å². The molecule has 208 valence electrons. The second-order valence-corrected chi connectivity index (χ2v) is 10.2. The Morgan fingerprint density at radius 1 is 0.976 bits per heavy atom. The van der Waals surface area contributed by atoms with Gasteiger partial charge in [0.15, 0.2) is 0 Å². The summed E-state index contributed by atoms with van der Waals surface area (Å²) in [4.78, 5) is 44.3. The van der Waals surface area contributed by atoms with Gasteiger partial charge in [-0.2, -0.15) is 0 Å². The number of amides is 3. The van der Waals surface area contributed by atoms with Crippen LogP contribution in [0.4, 0.5) is 11.4 Å². The van der Waals surface area contributed by atoms with E-state index < -0.39 is 23.9 Å². The Kier molecular flexibility index (Phi) is 8.60. The molecule has 1 saturated heterocycles. The maximum Gasteiger partial charge on any atom is 0.310 e. The molecule has 3 N–H and O–H groups in total. The Hall–Kier alpha value is -4.69. The largest absolute Gasteiger partial charge is 0.384 e. The Balaban J connectivity index is 1.15. The van der Waals surface area contributed by atoms with E-state index in [1.807, 2.05) is 91.9 Å². The van der Waals surface area contributed by atoms with Gasteiger partial charge in [0.25, 0.3) is 5.91 Å². The summed E-state index contributed by atoms with van der Waals surface area (Å²) in [6, 6.07) is 23.4. The first-order valence-electron chi connectivity index (χ1n) is 13.4. The first-order chi connectivity index (χ1) is 19.9. The van der Waals surface area contributed by atoms with Crippen molar-refractivity contribution in [1.29, 1.82) is 0 Å². The highest BCUT2D eigenvalue weighted by Gasteiger charge is 2.48. The summed E-state index contributed by atoms with van der Waals surface area (Å²) in [7, 11) is 0. The maximum absolute atomic E-state index is 13.1. The second kappa shape index (κ2) is 12.7. The molecular weight excluding hydrogens is 538 g/mol. The Labute approximate surface area is 243 Å². The lowest BCUT2D eigenvalue weighted by Crippen LogP contribution is -2.71. The van der Waals surface area contributed by atoms with Crippen molar-refractivity contribution in [3.8, 4) is 0 Å². The van der Waals surface area contributed by atoms with Crippen LogP contribution in [0.1, 0.15) is 17.5 Å². The van der Waals surface area contributed by atoms with Crippen LogP contribution in [-0.2, 0) is 14.4 Å². The van der Waals surface area contributed by atoms with E-state index in [0.717, 1.165) is 33.4 Å². The molecule has 0 radical (unpaired) electrons. The summed E-state index contributed by atoms with van der Waals surface area (Å²) in [5, 5.41) is 10.2. The highest BCUT2D eigenvalue weighted by atomic mass is 35.5. The summed E-state index contributed by atoms with van der Waals surface area (Å²) in [6.45, 7) is 2.84. The van der Waals surface area contributed by atoms with Crippen molar-refractivity contribution in [3.63, 3.8) is 0 Å². The van der Waals surface area contributed by atoms with Crippen LogP contribution in [-0.4, -0.2) is 47.9 Å². The summed E-state index contributed by atoms with van der Waals surface area (Å²) >= 11 is 6.06. The number of aryl methyl sites for hydroxylation is 1. The number of carbonyl (C=O) groups excluding carboxylic acids is 3. The average Bonchev–Trinajstić information content (AvgIpc) is 2.98. The molecule has 0 aliphatic carbocycles. The first kappa shape index (κ1) is 27.9. The fraction of sp³-hybridized carbons (Fsp3) is 0.188. The van der Waals surface area contributed by atoms with E-state index in [0.29, 0.717) is 24.5 Å². The number of β-lactam (4-membered cyclic amide) rings is 1. The molecule has 3 amide bonds. The van der Waals surface area contributed by atoms with Gasteiger partial charge >= 0.3 is 11.8 Å². The van der Waals surface area contributed by atoms with Crippen LogP contribution in [0.2, 0.25) is 5.02 Å². The van der Waals surface area contributed by atoms with E-state index in [1.54, 1.807) is 17.2 Å². The van der Waals surface area contributed by atoms with E-state index in [4.69, 9.17) is 11.6 Å². The Bertz CT molecular complexity index is 1590. The van der Waals surface area contributed by atoms with Gasteiger partial charge in [-0.05, 0) is 55.3 Å². The van der Waals surface area contributed by atoms with Crippen LogP contribution < -0.4 is 20.9 Å². The molecular formula is C32H30ClN5O3. The smallest absolute Gasteiger partial charge is 0.310 e. The minimum Gasteiger partial charge on any atom is -0.384 e. The molecule has 1 fully saturated rings. The van der Waals surface area contributed by atoms with Crippen molar-refractivity contribution >= 4 is 57.7 Å². The summed E-state index contributed by atoms with van der Waals surface area (Å²) in [5.41, 5.74) is 4.48. The molecule has 3 aromatic carbocycles. The molecule has 0 bridgehead atoms. The minimum absolute atomic E-state index is 0.271. The third-order valence-electron chi connectivity index (χ3n) is 6.89. The molecule has 4 aromatic rings.